The molecule has 0 aromatic carbocycles. The van der Waals surface area contributed by atoms with Gasteiger partial charge in [0.1, 0.15) is 0 Å². The highest BCUT2D eigenvalue weighted by atomic mass is 79.9. The fourth-order valence-electron chi connectivity index (χ4n) is 1.09. The molecule has 3 heteroatoms. The molecular weight excluding hydrogens is 232 g/mol. The quantitative estimate of drug-likeness (QED) is 0.426. The Morgan fingerprint density at radius 1 is 1.54 bits per heavy atom. The Morgan fingerprint density at radius 3 is 2.77 bits per heavy atom. The summed E-state index contributed by atoms with van der Waals surface area (Å²) >= 11 is 3.35. The number of allylic oxidation sites excluding steroid dienone is 2. The third-order valence-electron chi connectivity index (χ3n) is 1.77. The van der Waals surface area contributed by atoms with Crippen LogP contribution < -0.4 is 0 Å². The van der Waals surface area contributed by atoms with E-state index in [-0.39, 0.29) is 11.2 Å². The van der Waals surface area contributed by atoms with E-state index >= 15 is 0 Å². The van der Waals surface area contributed by atoms with Crippen molar-refractivity contribution < 1.29 is 9.90 Å². The first kappa shape index (κ1) is 12.7. The number of unbranched alkanes of at least 4 members (excludes halogenated alkanes) is 2. The molecule has 76 valence electrons. The van der Waals surface area contributed by atoms with Crippen molar-refractivity contribution in [2.75, 3.05) is 0 Å². The van der Waals surface area contributed by atoms with E-state index in [1.54, 1.807) is 0 Å². The van der Waals surface area contributed by atoms with Crippen molar-refractivity contribution in [1.82, 2.24) is 0 Å². The number of hydrogen-bond donors (Lipinski definition) is 1. The summed E-state index contributed by atoms with van der Waals surface area (Å²) in [5, 5.41) is 8.48. The Kier molecular flexibility index (Phi) is 8.10. The standard InChI is InChI=1S/C10H17BrO2/c1-2-3-4-5-6-7-9(11)8-10(12)13/h2-3,9H,4-8H2,1H3,(H,12,13). The molecule has 0 saturated carbocycles. The lowest BCUT2D eigenvalue weighted by Gasteiger charge is -2.04. The van der Waals surface area contributed by atoms with Gasteiger partial charge in [-0.1, -0.05) is 34.5 Å². The van der Waals surface area contributed by atoms with Gasteiger partial charge in [0.15, 0.2) is 0 Å². The lowest BCUT2D eigenvalue weighted by Crippen LogP contribution is -2.06. The van der Waals surface area contributed by atoms with Crippen LogP contribution in [0.4, 0.5) is 0 Å². The highest BCUT2D eigenvalue weighted by molar-refractivity contribution is 9.09. The van der Waals surface area contributed by atoms with Crippen molar-refractivity contribution in [2.45, 2.75) is 43.9 Å². The first-order chi connectivity index (χ1) is 6.16. The van der Waals surface area contributed by atoms with Crippen molar-refractivity contribution >= 4 is 21.9 Å². The second kappa shape index (κ2) is 8.30. The Labute approximate surface area is 88.2 Å². The molecule has 0 heterocycles. The topological polar surface area (TPSA) is 37.3 Å². The van der Waals surface area contributed by atoms with Gasteiger partial charge in [0, 0.05) is 4.83 Å². The summed E-state index contributed by atoms with van der Waals surface area (Å²) in [6, 6.07) is 0. The maximum absolute atomic E-state index is 10.3. The monoisotopic (exact) mass is 248 g/mol. The van der Waals surface area contributed by atoms with Gasteiger partial charge >= 0.3 is 5.97 Å². The van der Waals surface area contributed by atoms with Gasteiger partial charge < -0.3 is 5.11 Å². The highest BCUT2D eigenvalue weighted by Crippen LogP contribution is 2.14. The van der Waals surface area contributed by atoms with Crippen LogP contribution in [0, 0.1) is 0 Å². The number of carboxylic acids is 1. The van der Waals surface area contributed by atoms with Crippen LogP contribution in [0.2, 0.25) is 0 Å². The molecule has 0 aromatic heterocycles. The Bertz CT molecular complexity index is 166. The Morgan fingerprint density at radius 2 is 2.23 bits per heavy atom. The van der Waals surface area contributed by atoms with Gasteiger partial charge in [0.25, 0.3) is 0 Å². The lowest BCUT2D eigenvalue weighted by atomic mass is 10.1. The minimum Gasteiger partial charge on any atom is -0.481 e. The van der Waals surface area contributed by atoms with Crippen LogP contribution in [-0.4, -0.2) is 15.9 Å². The number of carbonyl (C=O) groups is 1. The van der Waals surface area contributed by atoms with Crippen LogP contribution in [0.3, 0.4) is 0 Å². The minimum atomic E-state index is -0.727. The molecule has 0 rings (SSSR count). The molecule has 2 nitrogen and oxygen atoms in total. The predicted octanol–water partition coefficient (Wildman–Crippen LogP) is 3.36. The van der Waals surface area contributed by atoms with Crippen LogP contribution in [0.15, 0.2) is 12.2 Å². The summed E-state index contributed by atoms with van der Waals surface area (Å²) in [4.78, 5) is 10.4. The molecule has 0 spiro atoms. The van der Waals surface area contributed by atoms with Crippen molar-refractivity contribution in [3.8, 4) is 0 Å². The van der Waals surface area contributed by atoms with E-state index in [2.05, 4.69) is 22.0 Å². The molecular formula is C10H17BrO2. The van der Waals surface area contributed by atoms with E-state index in [1.807, 2.05) is 13.0 Å². The second-order valence-corrected chi connectivity index (χ2v) is 4.34. The van der Waals surface area contributed by atoms with Crippen LogP contribution in [0.25, 0.3) is 0 Å². The maximum atomic E-state index is 10.3. The highest BCUT2D eigenvalue weighted by Gasteiger charge is 2.07. The first-order valence-electron chi connectivity index (χ1n) is 4.63. The Hall–Kier alpha value is -0.310. The second-order valence-electron chi connectivity index (χ2n) is 3.05. The molecule has 0 aliphatic rings. The van der Waals surface area contributed by atoms with E-state index in [0.29, 0.717) is 0 Å². The van der Waals surface area contributed by atoms with Gasteiger partial charge in [-0.05, 0) is 26.2 Å². The van der Waals surface area contributed by atoms with Gasteiger partial charge in [-0.3, -0.25) is 4.79 Å². The number of alkyl halides is 1. The first-order valence-corrected chi connectivity index (χ1v) is 5.55. The summed E-state index contributed by atoms with van der Waals surface area (Å²) in [5.41, 5.74) is 0. The molecule has 1 atom stereocenters. The van der Waals surface area contributed by atoms with Crippen LogP contribution in [0.5, 0.6) is 0 Å². The zero-order valence-corrected chi connectivity index (χ0v) is 9.59. The summed E-state index contributed by atoms with van der Waals surface area (Å²) < 4.78 is 0. The molecule has 0 aliphatic carbocycles. The van der Waals surface area contributed by atoms with Gasteiger partial charge in [-0.25, -0.2) is 0 Å². The van der Waals surface area contributed by atoms with E-state index in [4.69, 9.17) is 5.11 Å². The normalized spacial score (nSPS) is 13.4. The summed E-state index contributed by atoms with van der Waals surface area (Å²) in [7, 11) is 0. The molecule has 1 N–H and O–H groups in total. The van der Waals surface area contributed by atoms with Crippen molar-refractivity contribution in [1.29, 1.82) is 0 Å². The zero-order valence-electron chi connectivity index (χ0n) is 8.00. The van der Waals surface area contributed by atoms with E-state index in [1.165, 1.54) is 0 Å². The average molecular weight is 249 g/mol. The SMILES string of the molecule is CC=CCCCCC(Br)CC(=O)O. The molecule has 0 fully saturated rings. The predicted molar refractivity (Wildman–Crippen MR) is 58.2 cm³/mol. The number of halogens is 1. The molecule has 1 unspecified atom stereocenters. The lowest BCUT2D eigenvalue weighted by molar-refractivity contribution is -0.136. The smallest absolute Gasteiger partial charge is 0.304 e. The summed E-state index contributed by atoms with van der Waals surface area (Å²) in [5.74, 6) is -0.727. The number of carboxylic acid groups (broad SMARTS) is 1. The molecule has 0 radical (unpaired) electrons. The van der Waals surface area contributed by atoms with Gasteiger partial charge in [-0.15, -0.1) is 0 Å². The van der Waals surface area contributed by atoms with Gasteiger partial charge in [0.2, 0.25) is 0 Å². The van der Waals surface area contributed by atoms with Gasteiger partial charge in [0.05, 0.1) is 6.42 Å². The van der Waals surface area contributed by atoms with Crippen molar-refractivity contribution in [3.05, 3.63) is 12.2 Å². The minimum absolute atomic E-state index is 0.135. The van der Waals surface area contributed by atoms with E-state index in [9.17, 15) is 4.79 Å². The number of hydrogen-bond acceptors (Lipinski definition) is 1. The van der Waals surface area contributed by atoms with Crippen molar-refractivity contribution in [2.24, 2.45) is 0 Å². The van der Waals surface area contributed by atoms with Crippen LogP contribution >= 0.6 is 15.9 Å². The summed E-state index contributed by atoms with van der Waals surface area (Å²) in [6.07, 6.45) is 8.69. The van der Waals surface area contributed by atoms with Gasteiger partial charge in [-0.2, -0.15) is 0 Å². The molecule has 0 aliphatic heterocycles. The molecule has 0 saturated heterocycles. The average Bonchev–Trinajstić information content (AvgIpc) is 2.02. The molecule has 0 amide bonds. The molecule has 0 aromatic rings. The van der Waals surface area contributed by atoms with E-state index in [0.717, 1.165) is 25.7 Å². The number of rotatable bonds is 7. The van der Waals surface area contributed by atoms with Crippen molar-refractivity contribution in [3.63, 3.8) is 0 Å². The zero-order chi connectivity index (χ0) is 10.1. The third-order valence-corrected chi connectivity index (χ3v) is 2.55. The molecule has 13 heavy (non-hydrogen) atoms. The van der Waals surface area contributed by atoms with Crippen LogP contribution in [-0.2, 0) is 4.79 Å². The maximum Gasteiger partial charge on any atom is 0.304 e. The number of aliphatic carboxylic acids is 1. The van der Waals surface area contributed by atoms with Crippen LogP contribution in [0.1, 0.15) is 39.0 Å². The Balaban J connectivity index is 3.26. The fraction of sp³-hybridized carbons (Fsp3) is 0.700. The largest absolute Gasteiger partial charge is 0.481 e. The van der Waals surface area contributed by atoms with E-state index < -0.39 is 5.97 Å². The third kappa shape index (κ3) is 9.61. The molecule has 0 bridgehead atoms. The summed E-state index contributed by atoms with van der Waals surface area (Å²) in [6.45, 7) is 2.01. The fourth-order valence-corrected chi connectivity index (χ4v) is 1.69.